The molecule has 18 heavy (non-hydrogen) atoms. The number of nitrogens with zero attached hydrogens (tertiary/aromatic N) is 2. The predicted molar refractivity (Wildman–Crippen MR) is 79.5 cm³/mol. The average molecular weight is 267 g/mol. The molecule has 2 heterocycles. The van der Waals surface area contributed by atoms with E-state index in [0.717, 1.165) is 18.9 Å². The highest BCUT2D eigenvalue weighted by Crippen LogP contribution is 2.31. The molecule has 0 aliphatic carbocycles. The summed E-state index contributed by atoms with van der Waals surface area (Å²) in [4.78, 5) is 8.73. The first-order valence-electron chi connectivity index (χ1n) is 7.16. The summed E-state index contributed by atoms with van der Waals surface area (Å²) < 4.78 is 0. The summed E-state index contributed by atoms with van der Waals surface area (Å²) in [5, 5.41) is 4.49. The standard InChI is InChI=1S/C14H25N3S/c1-4-6-11-7-8-17(10-11)14-16-12(5-2)13(18-14)9-15-3/h11,15H,4-10H2,1-3H3. The molecule has 1 aromatic rings. The van der Waals surface area contributed by atoms with E-state index in [9.17, 15) is 0 Å². The normalized spacial score (nSPS) is 19.7. The van der Waals surface area contributed by atoms with Gasteiger partial charge in [0.25, 0.3) is 0 Å². The van der Waals surface area contributed by atoms with Gasteiger partial charge in [0.15, 0.2) is 5.13 Å². The quantitative estimate of drug-likeness (QED) is 0.858. The highest BCUT2D eigenvalue weighted by atomic mass is 32.1. The van der Waals surface area contributed by atoms with Crippen molar-refractivity contribution in [1.82, 2.24) is 10.3 Å². The summed E-state index contributed by atoms with van der Waals surface area (Å²) >= 11 is 1.88. The molecular weight excluding hydrogens is 242 g/mol. The molecule has 0 saturated carbocycles. The Balaban J connectivity index is 2.05. The van der Waals surface area contributed by atoms with Gasteiger partial charge in [0, 0.05) is 24.5 Å². The van der Waals surface area contributed by atoms with Crippen LogP contribution in [0.2, 0.25) is 0 Å². The SMILES string of the molecule is CCCC1CCN(c2nc(CC)c(CNC)s2)C1. The summed E-state index contributed by atoms with van der Waals surface area (Å²) in [5.41, 5.74) is 1.28. The van der Waals surface area contributed by atoms with Crippen LogP contribution in [0.4, 0.5) is 5.13 Å². The summed E-state index contributed by atoms with van der Waals surface area (Å²) in [7, 11) is 2.01. The maximum absolute atomic E-state index is 4.83. The van der Waals surface area contributed by atoms with Crippen LogP contribution in [0.3, 0.4) is 0 Å². The largest absolute Gasteiger partial charge is 0.348 e. The lowest BCUT2D eigenvalue weighted by molar-refractivity contribution is 0.530. The van der Waals surface area contributed by atoms with Gasteiger partial charge in [-0.05, 0) is 32.2 Å². The molecule has 0 radical (unpaired) electrons. The topological polar surface area (TPSA) is 28.2 Å². The number of anilines is 1. The Morgan fingerprint density at radius 3 is 2.94 bits per heavy atom. The van der Waals surface area contributed by atoms with E-state index < -0.39 is 0 Å². The lowest BCUT2D eigenvalue weighted by atomic mass is 10.0. The van der Waals surface area contributed by atoms with Crippen molar-refractivity contribution >= 4 is 16.5 Å². The highest BCUT2D eigenvalue weighted by molar-refractivity contribution is 7.15. The third-order valence-electron chi connectivity index (χ3n) is 3.69. The Kier molecular flexibility index (Phi) is 5.01. The van der Waals surface area contributed by atoms with Crippen LogP contribution in [-0.2, 0) is 13.0 Å². The fourth-order valence-electron chi connectivity index (χ4n) is 2.73. The van der Waals surface area contributed by atoms with E-state index in [0.29, 0.717) is 0 Å². The molecule has 0 spiro atoms. The first-order valence-corrected chi connectivity index (χ1v) is 7.98. The second kappa shape index (κ2) is 6.53. The number of aromatic nitrogens is 1. The first kappa shape index (κ1) is 13.8. The van der Waals surface area contributed by atoms with Crippen molar-refractivity contribution in [2.24, 2.45) is 5.92 Å². The van der Waals surface area contributed by atoms with Gasteiger partial charge in [-0.3, -0.25) is 0 Å². The van der Waals surface area contributed by atoms with Gasteiger partial charge in [0.05, 0.1) is 5.69 Å². The summed E-state index contributed by atoms with van der Waals surface area (Å²) in [6, 6.07) is 0. The molecule has 102 valence electrons. The Hall–Kier alpha value is -0.610. The Morgan fingerprint density at radius 2 is 2.28 bits per heavy atom. The van der Waals surface area contributed by atoms with Crippen LogP contribution in [0.1, 0.15) is 43.7 Å². The van der Waals surface area contributed by atoms with Gasteiger partial charge in [-0.2, -0.15) is 0 Å². The van der Waals surface area contributed by atoms with Crippen molar-refractivity contribution in [1.29, 1.82) is 0 Å². The van der Waals surface area contributed by atoms with Crippen LogP contribution < -0.4 is 10.2 Å². The second-order valence-corrected chi connectivity index (χ2v) is 6.20. The molecule has 1 aliphatic rings. The number of hydrogen-bond donors (Lipinski definition) is 1. The number of thiazole rings is 1. The van der Waals surface area contributed by atoms with Gasteiger partial charge in [0.1, 0.15) is 0 Å². The van der Waals surface area contributed by atoms with Crippen molar-refractivity contribution in [3.05, 3.63) is 10.6 Å². The molecule has 3 nitrogen and oxygen atoms in total. The number of aryl methyl sites for hydroxylation is 1. The Bertz CT molecular complexity index is 375. The minimum atomic E-state index is 0.886. The molecule has 4 heteroatoms. The third kappa shape index (κ3) is 3.04. The highest BCUT2D eigenvalue weighted by Gasteiger charge is 2.24. The van der Waals surface area contributed by atoms with Crippen molar-refractivity contribution in [3.63, 3.8) is 0 Å². The molecule has 2 rings (SSSR count). The lowest BCUT2D eigenvalue weighted by Crippen LogP contribution is -2.19. The molecule has 0 aromatic carbocycles. The molecule has 1 fully saturated rings. The van der Waals surface area contributed by atoms with Crippen LogP contribution >= 0.6 is 11.3 Å². The minimum Gasteiger partial charge on any atom is -0.348 e. The third-order valence-corrected chi connectivity index (χ3v) is 4.85. The fraction of sp³-hybridized carbons (Fsp3) is 0.786. The van der Waals surface area contributed by atoms with E-state index in [4.69, 9.17) is 4.98 Å². The molecule has 1 unspecified atom stereocenters. The Labute approximate surface area is 115 Å². The predicted octanol–water partition coefficient (Wildman–Crippen LogP) is 3.05. The van der Waals surface area contributed by atoms with E-state index in [1.807, 2.05) is 18.4 Å². The van der Waals surface area contributed by atoms with E-state index in [-0.39, 0.29) is 0 Å². The van der Waals surface area contributed by atoms with Gasteiger partial charge < -0.3 is 10.2 Å². The zero-order valence-corrected chi connectivity index (χ0v) is 12.6. The number of nitrogens with one attached hydrogen (secondary N) is 1. The van der Waals surface area contributed by atoms with Crippen LogP contribution in [0.5, 0.6) is 0 Å². The summed E-state index contributed by atoms with van der Waals surface area (Å²) in [6.45, 7) is 7.84. The van der Waals surface area contributed by atoms with Crippen LogP contribution in [0.15, 0.2) is 0 Å². The Morgan fingerprint density at radius 1 is 1.44 bits per heavy atom. The molecule has 0 bridgehead atoms. The summed E-state index contributed by atoms with van der Waals surface area (Å²) in [5.74, 6) is 0.886. The summed E-state index contributed by atoms with van der Waals surface area (Å²) in [6.07, 6.45) is 5.06. The average Bonchev–Trinajstić information content (AvgIpc) is 2.96. The van der Waals surface area contributed by atoms with E-state index in [1.54, 1.807) is 0 Å². The van der Waals surface area contributed by atoms with E-state index >= 15 is 0 Å². The van der Waals surface area contributed by atoms with Crippen molar-refractivity contribution in [2.45, 2.75) is 46.1 Å². The smallest absolute Gasteiger partial charge is 0.185 e. The molecular formula is C14H25N3S. The van der Waals surface area contributed by atoms with Gasteiger partial charge in [-0.25, -0.2) is 4.98 Å². The van der Waals surface area contributed by atoms with Crippen molar-refractivity contribution in [3.8, 4) is 0 Å². The first-order chi connectivity index (χ1) is 8.78. The van der Waals surface area contributed by atoms with Crippen LogP contribution in [0, 0.1) is 5.92 Å². The van der Waals surface area contributed by atoms with Gasteiger partial charge in [-0.15, -0.1) is 11.3 Å². The van der Waals surface area contributed by atoms with E-state index in [2.05, 4.69) is 24.1 Å². The molecule has 1 aliphatic heterocycles. The van der Waals surface area contributed by atoms with Gasteiger partial charge in [0.2, 0.25) is 0 Å². The van der Waals surface area contributed by atoms with Gasteiger partial charge in [-0.1, -0.05) is 20.3 Å². The second-order valence-electron chi connectivity index (χ2n) is 5.14. The molecule has 1 atom stereocenters. The van der Waals surface area contributed by atoms with Crippen LogP contribution in [0.25, 0.3) is 0 Å². The van der Waals surface area contributed by atoms with Crippen molar-refractivity contribution < 1.29 is 0 Å². The molecule has 1 N–H and O–H groups in total. The fourth-order valence-corrected chi connectivity index (χ4v) is 3.93. The van der Waals surface area contributed by atoms with Crippen molar-refractivity contribution in [2.75, 3.05) is 25.0 Å². The molecule has 1 saturated heterocycles. The monoisotopic (exact) mass is 267 g/mol. The number of hydrogen-bond acceptors (Lipinski definition) is 4. The van der Waals surface area contributed by atoms with Gasteiger partial charge >= 0.3 is 0 Å². The maximum Gasteiger partial charge on any atom is 0.185 e. The zero-order chi connectivity index (χ0) is 13.0. The lowest BCUT2D eigenvalue weighted by Gasteiger charge is -2.14. The maximum atomic E-state index is 4.83. The van der Waals surface area contributed by atoms with Crippen LogP contribution in [-0.4, -0.2) is 25.1 Å². The molecule has 0 amide bonds. The number of rotatable bonds is 6. The zero-order valence-electron chi connectivity index (χ0n) is 11.8. The molecule has 1 aromatic heterocycles. The minimum absolute atomic E-state index is 0.886. The van der Waals surface area contributed by atoms with E-state index in [1.165, 1.54) is 48.1 Å².